The molecular formula is C13H20N2O6. The standard InChI is InChI=1S/C13H20N2O6/c1-13(11(17)18)7-21-6-9(13)14-12(19)15-5-3-4-8(15)10(16)20-2/h8-9H,3-7H2,1-2H3,(H,14,19)(H,17,18). The van der Waals surface area contributed by atoms with E-state index < -0.39 is 35.5 Å². The van der Waals surface area contributed by atoms with Gasteiger partial charge in [0.1, 0.15) is 11.5 Å². The van der Waals surface area contributed by atoms with E-state index in [1.807, 2.05) is 0 Å². The Bertz CT molecular complexity index is 454. The number of esters is 1. The molecule has 2 amide bonds. The number of ether oxygens (including phenoxy) is 2. The maximum absolute atomic E-state index is 12.3. The van der Waals surface area contributed by atoms with E-state index >= 15 is 0 Å². The number of rotatable bonds is 3. The third kappa shape index (κ3) is 2.80. The van der Waals surface area contributed by atoms with Gasteiger partial charge in [-0.15, -0.1) is 0 Å². The highest BCUT2D eigenvalue weighted by Crippen LogP contribution is 2.29. The number of carboxylic acids is 1. The van der Waals surface area contributed by atoms with Crippen LogP contribution in [-0.4, -0.2) is 66.9 Å². The second-order valence-corrected chi connectivity index (χ2v) is 5.61. The van der Waals surface area contributed by atoms with Gasteiger partial charge in [0.2, 0.25) is 0 Å². The fourth-order valence-electron chi connectivity index (χ4n) is 2.71. The van der Waals surface area contributed by atoms with Crippen molar-refractivity contribution in [2.45, 2.75) is 31.8 Å². The summed E-state index contributed by atoms with van der Waals surface area (Å²) in [6, 6.07) is -1.68. The van der Waals surface area contributed by atoms with Crippen LogP contribution in [0.25, 0.3) is 0 Å². The predicted molar refractivity (Wildman–Crippen MR) is 70.6 cm³/mol. The molecule has 21 heavy (non-hydrogen) atoms. The first-order valence-corrected chi connectivity index (χ1v) is 6.86. The summed E-state index contributed by atoms with van der Waals surface area (Å²) < 4.78 is 9.87. The van der Waals surface area contributed by atoms with Gasteiger partial charge in [0.05, 0.1) is 26.4 Å². The van der Waals surface area contributed by atoms with Gasteiger partial charge >= 0.3 is 18.0 Å². The lowest BCUT2D eigenvalue weighted by molar-refractivity contribution is -0.149. The fraction of sp³-hybridized carbons (Fsp3) is 0.769. The number of nitrogens with one attached hydrogen (secondary N) is 1. The molecule has 0 bridgehead atoms. The van der Waals surface area contributed by atoms with E-state index in [4.69, 9.17) is 4.74 Å². The Kier molecular flexibility index (Phi) is 4.36. The number of carbonyl (C=O) groups is 3. The number of amides is 2. The average Bonchev–Trinajstić information content (AvgIpc) is 3.06. The number of hydrogen-bond donors (Lipinski definition) is 2. The molecule has 2 saturated heterocycles. The molecule has 2 fully saturated rings. The molecule has 2 N–H and O–H groups in total. The molecule has 118 valence electrons. The average molecular weight is 300 g/mol. The summed E-state index contributed by atoms with van der Waals surface area (Å²) in [7, 11) is 1.28. The zero-order valence-corrected chi connectivity index (χ0v) is 12.1. The first-order chi connectivity index (χ1) is 9.90. The Morgan fingerprint density at radius 2 is 2.14 bits per heavy atom. The van der Waals surface area contributed by atoms with Gasteiger partial charge in [0.25, 0.3) is 0 Å². The molecule has 0 aromatic heterocycles. The minimum Gasteiger partial charge on any atom is -0.481 e. The van der Waals surface area contributed by atoms with E-state index in [0.717, 1.165) is 0 Å². The predicted octanol–water partition coefficient (Wildman–Crippen LogP) is -0.177. The second-order valence-electron chi connectivity index (χ2n) is 5.61. The van der Waals surface area contributed by atoms with E-state index in [1.54, 1.807) is 0 Å². The first-order valence-electron chi connectivity index (χ1n) is 6.86. The van der Waals surface area contributed by atoms with Crippen molar-refractivity contribution in [1.82, 2.24) is 10.2 Å². The van der Waals surface area contributed by atoms with Crippen molar-refractivity contribution in [3.05, 3.63) is 0 Å². The summed E-state index contributed by atoms with van der Waals surface area (Å²) in [6.45, 7) is 2.18. The molecule has 3 atom stereocenters. The molecule has 0 saturated carbocycles. The molecular weight excluding hydrogens is 280 g/mol. The van der Waals surface area contributed by atoms with Crippen LogP contribution in [0.5, 0.6) is 0 Å². The van der Waals surface area contributed by atoms with Gasteiger partial charge in [-0.05, 0) is 19.8 Å². The van der Waals surface area contributed by atoms with Gasteiger partial charge in [-0.3, -0.25) is 4.79 Å². The van der Waals surface area contributed by atoms with Crippen LogP contribution in [0.1, 0.15) is 19.8 Å². The van der Waals surface area contributed by atoms with E-state index in [-0.39, 0.29) is 13.2 Å². The minimum atomic E-state index is -1.16. The number of hydrogen-bond acceptors (Lipinski definition) is 5. The molecule has 2 rings (SSSR count). The largest absolute Gasteiger partial charge is 0.481 e. The highest BCUT2D eigenvalue weighted by Gasteiger charge is 2.48. The smallest absolute Gasteiger partial charge is 0.328 e. The number of carboxylic acid groups (broad SMARTS) is 1. The van der Waals surface area contributed by atoms with Crippen LogP contribution >= 0.6 is 0 Å². The highest BCUT2D eigenvalue weighted by atomic mass is 16.5. The topological polar surface area (TPSA) is 105 Å². The number of aliphatic carboxylic acids is 1. The number of carbonyl (C=O) groups excluding carboxylic acids is 2. The van der Waals surface area contributed by atoms with Crippen molar-refractivity contribution >= 4 is 18.0 Å². The van der Waals surface area contributed by atoms with Crippen LogP contribution < -0.4 is 5.32 Å². The summed E-state index contributed by atoms with van der Waals surface area (Å²) in [4.78, 5) is 36.7. The Morgan fingerprint density at radius 3 is 2.76 bits per heavy atom. The molecule has 0 aromatic carbocycles. The Hall–Kier alpha value is -1.83. The first kappa shape index (κ1) is 15.6. The van der Waals surface area contributed by atoms with Gasteiger partial charge in [0.15, 0.2) is 0 Å². The van der Waals surface area contributed by atoms with Crippen LogP contribution in [0.2, 0.25) is 0 Å². The summed E-state index contributed by atoms with van der Waals surface area (Å²) in [5, 5.41) is 12.0. The molecule has 0 aromatic rings. The molecule has 0 radical (unpaired) electrons. The lowest BCUT2D eigenvalue weighted by Gasteiger charge is -2.29. The van der Waals surface area contributed by atoms with Gasteiger partial charge in [0, 0.05) is 6.54 Å². The summed E-state index contributed by atoms with van der Waals surface area (Å²) in [6.07, 6.45) is 1.27. The summed E-state index contributed by atoms with van der Waals surface area (Å²) in [5.41, 5.74) is -1.16. The number of methoxy groups -OCH3 is 1. The third-order valence-electron chi connectivity index (χ3n) is 4.23. The van der Waals surface area contributed by atoms with Crippen molar-refractivity contribution in [3.63, 3.8) is 0 Å². The van der Waals surface area contributed by atoms with Crippen LogP contribution in [0.15, 0.2) is 0 Å². The quantitative estimate of drug-likeness (QED) is 0.701. The molecule has 2 heterocycles. The zero-order valence-electron chi connectivity index (χ0n) is 12.1. The van der Waals surface area contributed by atoms with E-state index in [1.165, 1.54) is 18.9 Å². The number of nitrogens with zero attached hydrogens (tertiary/aromatic N) is 1. The number of urea groups is 1. The van der Waals surface area contributed by atoms with Gasteiger partial charge < -0.3 is 24.8 Å². The SMILES string of the molecule is COC(=O)C1CCCN1C(=O)NC1COCC1(C)C(=O)O. The molecule has 0 aliphatic carbocycles. The normalized spacial score (nSPS) is 32.0. The minimum absolute atomic E-state index is 0.0493. The molecule has 2 aliphatic rings. The second kappa shape index (κ2) is 5.88. The van der Waals surface area contributed by atoms with Gasteiger partial charge in [-0.25, -0.2) is 9.59 Å². The van der Waals surface area contributed by atoms with Crippen molar-refractivity contribution in [2.24, 2.45) is 5.41 Å². The molecule has 8 nitrogen and oxygen atoms in total. The number of likely N-dealkylation sites (tertiary alicyclic amines) is 1. The van der Waals surface area contributed by atoms with E-state index in [0.29, 0.717) is 19.4 Å². The van der Waals surface area contributed by atoms with E-state index in [9.17, 15) is 19.5 Å². The molecule has 3 unspecified atom stereocenters. The zero-order chi connectivity index (χ0) is 15.6. The van der Waals surface area contributed by atoms with E-state index in [2.05, 4.69) is 10.1 Å². The monoisotopic (exact) mass is 300 g/mol. The van der Waals surface area contributed by atoms with Crippen molar-refractivity contribution in [2.75, 3.05) is 26.9 Å². The van der Waals surface area contributed by atoms with Crippen LogP contribution in [0.3, 0.4) is 0 Å². The Balaban J connectivity index is 2.04. The lowest BCUT2D eigenvalue weighted by Crippen LogP contribution is -2.55. The van der Waals surface area contributed by atoms with Crippen molar-refractivity contribution in [3.8, 4) is 0 Å². The van der Waals surface area contributed by atoms with Gasteiger partial charge in [-0.1, -0.05) is 0 Å². The third-order valence-corrected chi connectivity index (χ3v) is 4.23. The molecule has 2 aliphatic heterocycles. The van der Waals surface area contributed by atoms with Gasteiger partial charge in [-0.2, -0.15) is 0 Å². The Labute approximate surface area is 122 Å². The molecule has 0 spiro atoms. The molecule has 8 heteroatoms. The Morgan fingerprint density at radius 1 is 1.43 bits per heavy atom. The van der Waals surface area contributed by atoms with Crippen LogP contribution in [-0.2, 0) is 19.1 Å². The van der Waals surface area contributed by atoms with Crippen molar-refractivity contribution in [1.29, 1.82) is 0 Å². The fourth-order valence-corrected chi connectivity index (χ4v) is 2.71. The maximum Gasteiger partial charge on any atom is 0.328 e. The van der Waals surface area contributed by atoms with Crippen LogP contribution in [0.4, 0.5) is 4.79 Å². The lowest BCUT2D eigenvalue weighted by atomic mass is 9.85. The summed E-state index contributed by atoms with van der Waals surface area (Å²) in [5.74, 6) is -1.47. The summed E-state index contributed by atoms with van der Waals surface area (Å²) >= 11 is 0. The van der Waals surface area contributed by atoms with Crippen LogP contribution in [0, 0.1) is 5.41 Å². The van der Waals surface area contributed by atoms with Crippen molar-refractivity contribution < 1.29 is 29.0 Å². The highest BCUT2D eigenvalue weighted by molar-refractivity contribution is 5.85. The maximum atomic E-state index is 12.3.